The lowest BCUT2D eigenvalue weighted by Crippen LogP contribution is -2.51. The summed E-state index contributed by atoms with van der Waals surface area (Å²) in [5, 5.41) is 11.2. The van der Waals surface area contributed by atoms with Crippen molar-refractivity contribution in [2.45, 2.75) is 76.8 Å². The minimum absolute atomic E-state index is 0.0452. The molecular formula is C26H30N2O6. The summed E-state index contributed by atoms with van der Waals surface area (Å²) in [5.41, 5.74) is 3.51. The van der Waals surface area contributed by atoms with E-state index in [0.29, 0.717) is 17.8 Å². The first-order valence-corrected chi connectivity index (χ1v) is 12.2. The highest BCUT2D eigenvalue weighted by atomic mass is 16.5. The normalized spacial score (nSPS) is 33.4. The monoisotopic (exact) mass is 466 g/mol. The number of benzene rings is 1. The fourth-order valence-corrected chi connectivity index (χ4v) is 7.22. The van der Waals surface area contributed by atoms with E-state index in [2.05, 4.69) is 11.8 Å². The molecule has 0 aliphatic carbocycles. The average Bonchev–Trinajstić information content (AvgIpc) is 3.50. The van der Waals surface area contributed by atoms with Crippen LogP contribution in [0.15, 0.2) is 23.9 Å². The Bertz CT molecular complexity index is 1110. The van der Waals surface area contributed by atoms with E-state index in [9.17, 15) is 19.5 Å². The molecule has 1 spiro atoms. The molecule has 5 aliphatic rings. The second-order valence-electron chi connectivity index (χ2n) is 10.6. The number of likely N-dealkylation sites (tertiary alicyclic amines) is 1. The molecule has 1 unspecified atom stereocenters. The van der Waals surface area contributed by atoms with Gasteiger partial charge in [0.2, 0.25) is 5.91 Å². The van der Waals surface area contributed by atoms with Crippen LogP contribution in [0.25, 0.3) is 0 Å². The second-order valence-corrected chi connectivity index (χ2v) is 10.6. The van der Waals surface area contributed by atoms with Gasteiger partial charge in [-0.05, 0) is 63.1 Å². The summed E-state index contributed by atoms with van der Waals surface area (Å²) >= 11 is 0. The number of aliphatic hydroxyl groups is 1. The number of cyclic esters (lactones) is 2. The summed E-state index contributed by atoms with van der Waals surface area (Å²) in [6.07, 6.45) is 5.18. The number of carbonyl (C=O) groups is 3. The molecular weight excluding hydrogens is 436 g/mol. The first kappa shape index (κ1) is 21.8. The highest BCUT2D eigenvalue weighted by Crippen LogP contribution is 2.53. The molecule has 5 aliphatic heterocycles. The maximum absolute atomic E-state index is 13.6. The molecule has 5 heterocycles. The molecule has 180 valence electrons. The molecule has 1 amide bonds. The molecule has 3 saturated heterocycles. The number of aliphatic hydroxyl groups excluding tert-OH is 1. The van der Waals surface area contributed by atoms with Crippen LogP contribution in [0.5, 0.6) is 0 Å². The molecule has 5 atom stereocenters. The summed E-state index contributed by atoms with van der Waals surface area (Å²) in [6, 6.07) is 4.15. The Labute approximate surface area is 198 Å². The van der Waals surface area contributed by atoms with Gasteiger partial charge in [-0.2, -0.15) is 0 Å². The maximum atomic E-state index is 13.6. The van der Waals surface area contributed by atoms with Gasteiger partial charge in [-0.3, -0.25) is 9.69 Å². The molecule has 0 radical (unpaired) electrons. The number of fused-ring (bicyclic) bond motifs is 3. The summed E-state index contributed by atoms with van der Waals surface area (Å²) in [7, 11) is 0. The van der Waals surface area contributed by atoms with E-state index in [1.54, 1.807) is 11.0 Å². The Morgan fingerprint density at radius 1 is 1.09 bits per heavy atom. The Hall–Kier alpha value is -2.71. The topological polar surface area (TPSA) is 96.4 Å². The maximum Gasteiger partial charge on any atom is 0.338 e. The van der Waals surface area contributed by atoms with Crippen molar-refractivity contribution in [1.29, 1.82) is 0 Å². The third-order valence-corrected chi connectivity index (χ3v) is 8.73. The van der Waals surface area contributed by atoms with Crippen LogP contribution in [0.3, 0.4) is 0 Å². The lowest BCUT2D eigenvalue weighted by atomic mass is 9.72. The number of amides is 1. The Kier molecular flexibility index (Phi) is 4.90. The van der Waals surface area contributed by atoms with E-state index < -0.39 is 11.5 Å². The summed E-state index contributed by atoms with van der Waals surface area (Å²) in [4.78, 5) is 41.3. The van der Waals surface area contributed by atoms with Crippen molar-refractivity contribution < 1.29 is 29.0 Å². The van der Waals surface area contributed by atoms with Crippen molar-refractivity contribution in [2.24, 2.45) is 5.41 Å². The van der Waals surface area contributed by atoms with Gasteiger partial charge >= 0.3 is 11.9 Å². The van der Waals surface area contributed by atoms with Crippen LogP contribution in [0.4, 0.5) is 0 Å². The van der Waals surface area contributed by atoms with Gasteiger partial charge < -0.3 is 19.5 Å². The molecule has 2 bridgehead atoms. The molecule has 0 saturated carbocycles. The van der Waals surface area contributed by atoms with Crippen molar-refractivity contribution in [3.8, 4) is 0 Å². The van der Waals surface area contributed by atoms with Gasteiger partial charge in [-0.15, -0.1) is 0 Å². The molecule has 1 aromatic carbocycles. The van der Waals surface area contributed by atoms with Gasteiger partial charge in [0.25, 0.3) is 0 Å². The zero-order valence-electron chi connectivity index (χ0n) is 19.6. The third kappa shape index (κ3) is 3.15. The SMILES string of the molecule is Cc1c([C@H](O)CN2[C@@H]3CC[C@H]2C[C@@]2(CC(C)N(C4=CC(=O)OC4)C2=O)C3)ccc2c1COC2=O. The van der Waals surface area contributed by atoms with Crippen LogP contribution in [0, 0.1) is 12.3 Å². The molecule has 1 aromatic rings. The van der Waals surface area contributed by atoms with Gasteiger partial charge in [0, 0.05) is 36.3 Å². The van der Waals surface area contributed by atoms with Gasteiger partial charge in [0.15, 0.2) is 0 Å². The van der Waals surface area contributed by atoms with Crippen LogP contribution >= 0.6 is 0 Å². The van der Waals surface area contributed by atoms with Gasteiger partial charge in [0.05, 0.1) is 22.8 Å². The van der Waals surface area contributed by atoms with Crippen molar-refractivity contribution in [1.82, 2.24) is 9.80 Å². The number of esters is 2. The number of hydrogen-bond donors (Lipinski definition) is 1. The third-order valence-electron chi connectivity index (χ3n) is 8.73. The number of nitrogens with zero attached hydrogens (tertiary/aromatic N) is 2. The van der Waals surface area contributed by atoms with Crippen LogP contribution in [-0.2, 0) is 25.7 Å². The molecule has 8 nitrogen and oxygen atoms in total. The standard InChI is InChI=1S/C26H30N2O6/c1-14-8-26(25(32)28(14)18-7-23(30)33-12-18)9-16-3-4-17(10-26)27(16)11-22(29)19-5-6-20-21(15(19)2)13-34-24(20)31/h5-7,14,16-17,22,29H,3-4,8-13H2,1-2H3/t14?,16-,17+,22-,26-/m1/s1. The molecule has 6 rings (SSSR count). The highest BCUT2D eigenvalue weighted by molar-refractivity contribution is 5.94. The van der Waals surface area contributed by atoms with Crippen LogP contribution in [-0.4, -0.2) is 64.0 Å². The predicted molar refractivity (Wildman–Crippen MR) is 120 cm³/mol. The number of piperidine rings is 1. The summed E-state index contributed by atoms with van der Waals surface area (Å²) < 4.78 is 10.2. The first-order chi connectivity index (χ1) is 16.3. The molecule has 1 N–H and O–H groups in total. The smallest absolute Gasteiger partial charge is 0.338 e. The molecule has 34 heavy (non-hydrogen) atoms. The average molecular weight is 467 g/mol. The van der Waals surface area contributed by atoms with Crippen LogP contribution < -0.4 is 0 Å². The van der Waals surface area contributed by atoms with E-state index in [-0.39, 0.29) is 49.2 Å². The largest absolute Gasteiger partial charge is 0.457 e. The lowest BCUT2D eigenvalue weighted by molar-refractivity contribution is -0.140. The summed E-state index contributed by atoms with van der Waals surface area (Å²) in [5.74, 6) is -0.550. The molecule has 0 aromatic heterocycles. The Balaban J connectivity index is 1.19. The van der Waals surface area contributed by atoms with E-state index in [1.165, 1.54) is 6.08 Å². The van der Waals surface area contributed by atoms with Gasteiger partial charge in [0.1, 0.15) is 13.2 Å². The van der Waals surface area contributed by atoms with Crippen LogP contribution in [0.1, 0.15) is 72.2 Å². The number of rotatable bonds is 4. The quantitative estimate of drug-likeness (QED) is 0.681. The number of carbonyl (C=O) groups excluding carboxylic acids is 3. The molecule has 3 fully saturated rings. The minimum atomic E-state index is -0.667. The molecule has 8 heteroatoms. The fourth-order valence-electron chi connectivity index (χ4n) is 7.22. The number of ether oxygens (including phenoxy) is 2. The van der Waals surface area contributed by atoms with Crippen molar-refractivity contribution in [3.05, 3.63) is 46.2 Å². The zero-order chi connectivity index (χ0) is 23.8. The van der Waals surface area contributed by atoms with Crippen molar-refractivity contribution >= 4 is 17.8 Å². The number of hydrogen-bond acceptors (Lipinski definition) is 7. The van der Waals surface area contributed by atoms with E-state index >= 15 is 0 Å². The Morgan fingerprint density at radius 2 is 1.82 bits per heavy atom. The van der Waals surface area contributed by atoms with Crippen molar-refractivity contribution in [3.63, 3.8) is 0 Å². The van der Waals surface area contributed by atoms with Gasteiger partial charge in [-0.25, -0.2) is 9.59 Å². The lowest BCUT2D eigenvalue weighted by Gasteiger charge is -2.44. The van der Waals surface area contributed by atoms with Crippen LogP contribution in [0.2, 0.25) is 0 Å². The zero-order valence-corrected chi connectivity index (χ0v) is 19.6. The fraction of sp³-hybridized carbons (Fsp3) is 0.577. The predicted octanol–water partition coefficient (Wildman–Crippen LogP) is 2.37. The van der Waals surface area contributed by atoms with Gasteiger partial charge in [-0.1, -0.05) is 6.07 Å². The van der Waals surface area contributed by atoms with Crippen molar-refractivity contribution in [2.75, 3.05) is 13.2 Å². The van der Waals surface area contributed by atoms with E-state index in [0.717, 1.165) is 48.8 Å². The van der Waals surface area contributed by atoms with E-state index in [4.69, 9.17) is 9.47 Å². The summed E-state index contributed by atoms with van der Waals surface area (Å²) in [6.45, 7) is 4.95. The Morgan fingerprint density at radius 3 is 2.50 bits per heavy atom. The first-order valence-electron chi connectivity index (χ1n) is 12.2. The second kappa shape index (κ2) is 7.65. The highest BCUT2D eigenvalue weighted by Gasteiger charge is 2.58. The minimum Gasteiger partial charge on any atom is -0.457 e. The van der Waals surface area contributed by atoms with E-state index in [1.807, 2.05) is 13.0 Å².